The quantitative estimate of drug-likeness (QED) is 0.551. The summed E-state index contributed by atoms with van der Waals surface area (Å²) in [4.78, 5) is 0. The van der Waals surface area contributed by atoms with Crippen LogP contribution in [0.15, 0.2) is 0 Å². The first kappa shape index (κ1) is 16.1. The molecule has 0 bridgehead atoms. The van der Waals surface area contributed by atoms with Gasteiger partial charge in [0.15, 0.2) is 0 Å². The summed E-state index contributed by atoms with van der Waals surface area (Å²) in [6, 6.07) is 0. The van der Waals surface area contributed by atoms with Gasteiger partial charge in [-0.2, -0.15) is 0 Å². The second kappa shape index (κ2) is 9.16. The zero-order valence-electron chi connectivity index (χ0n) is 11.5. The highest BCUT2D eigenvalue weighted by atomic mass is 28.1. The lowest BCUT2D eigenvalue weighted by Crippen LogP contribution is -2.40. The molecule has 0 N–H and O–H groups in total. The predicted octanol–water partition coefficient (Wildman–Crippen LogP) is 1.84. The average Bonchev–Trinajstić information content (AvgIpc) is 2.26. The molecule has 97 valence electrons. The molecule has 0 saturated carbocycles. The molecule has 0 aromatic heterocycles. The molecule has 0 heterocycles. The molecule has 0 amide bonds. The molecular weight excluding hydrogens is 220 g/mol. The van der Waals surface area contributed by atoms with Crippen molar-refractivity contribution in [3.8, 4) is 0 Å². The molecule has 0 spiro atoms. The van der Waals surface area contributed by atoms with Crippen molar-refractivity contribution in [3.05, 3.63) is 6.29 Å². The van der Waals surface area contributed by atoms with Crippen LogP contribution in [0, 0.1) is 6.29 Å². The van der Waals surface area contributed by atoms with Crippen molar-refractivity contribution >= 4 is 10.2 Å². The minimum Gasteiger partial charge on any atom is -0.374 e. The Kier molecular flexibility index (Phi) is 9.22. The summed E-state index contributed by atoms with van der Waals surface area (Å²) in [5, 5.41) is -0.319. The van der Waals surface area contributed by atoms with Crippen molar-refractivity contribution in [2.45, 2.75) is 52.2 Å². The van der Waals surface area contributed by atoms with E-state index in [1.54, 1.807) is 0 Å². The number of hydrogen-bond donors (Lipinski definition) is 0. The first-order chi connectivity index (χ1) is 7.58. The van der Waals surface area contributed by atoms with E-state index in [0.29, 0.717) is 19.5 Å². The van der Waals surface area contributed by atoms with E-state index in [0.717, 1.165) is 36.1 Å². The maximum Gasteiger partial charge on any atom is 0.252 e. The van der Waals surface area contributed by atoms with Crippen molar-refractivity contribution in [1.29, 1.82) is 0 Å². The topological polar surface area (TPSA) is 27.7 Å². The van der Waals surface area contributed by atoms with Crippen LogP contribution in [-0.4, -0.2) is 35.3 Å². The van der Waals surface area contributed by atoms with Gasteiger partial charge in [-0.3, -0.25) is 0 Å². The van der Waals surface area contributed by atoms with Crippen LogP contribution in [-0.2, 0) is 14.2 Å². The number of ether oxygens (including phenoxy) is 3. The second-order valence-electron chi connectivity index (χ2n) is 4.34. The van der Waals surface area contributed by atoms with Crippen molar-refractivity contribution in [2.75, 3.05) is 19.8 Å². The number of hydrogen-bond acceptors (Lipinski definition) is 3. The van der Waals surface area contributed by atoms with Gasteiger partial charge >= 0.3 is 0 Å². The Balaban J connectivity index is 4.20. The van der Waals surface area contributed by atoms with Gasteiger partial charge in [0, 0.05) is 6.61 Å². The summed E-state index contributed by atoms with van der Waals surface area (Å²) in [7, 11) is 0.870. The van der Waals surface area contributed by atoms with Crippen LogP contribution in [0.2, 0.25) is 0 Å². The summed E-state index contributed by atoms with van der Waals surface area (Å²) >= 11 is 0. The molecule has 0 aliphatic heterocycles. The van der Waals surface area contributed by atoms with E-state index in [9.17, 15) is 0 Å². The van der Waals surface area contributed by atoms with E-state index in [-0.39, 0.29) is 5.22 Å². The third kappa shape index (κ3) is 6.63. The summed E-state index contributed by atoms with van der Waals surface area (Å²) in [5.74, 6) is 0. The van der Waals surface area contributed by atoms with Gasteiger partial charge in [0.2, 0.25) is 0 Å². The summed E-state index contributed by atoms with van der Waals surface area (Å²) < 4.78 is 17.1. The molecule has 0 aliphatic rings. The molecule has 1 radical (unpaired) electrons. The van der Waals surface area contributed by atoms with Crippen molar-refractivity contribution in [1.82, 2.24) is 0 Å². The zero-order chi connectivity index (χ0) is 12.4. The molecule has 0 rings (SSSR count). The Morgan fingerprint density at radius 3 is 1.75 bits per heavy atom. The molecule has 0 aliphatic carbocycles. The van der Waals surface area contributed by atoms with Crippen molar-refractivity contribution < 1.29 is 14.2 Å². The third-order valence-electron chi connectivity index (χ3n) is 2.03. The van der Waals surface area contributed by atoms with E-state index in [1.807, 2.05) is 0 Å². The summed E-state index contributed by atoms with van der Waals surface area (Å²) in [6.45, 7) is 10.5. The molecule has 4 heteroatoms. The van der Waals surface area contributed by atoms with Crippen LogP contribution in [0.1, 0.15) is 47.0 Å². The molecule has 16 heavy (non-hydrogen) atoms. The van der Waals surface area contributed by atoms with Gasteiger partial charge in [-0.25, -0.2) is 0 Å². The molecule has 3 nitrogen and oxygen atoms in total. The van der Waals surface area contributed by atoms with E-state index >= 15 is 0 Å². The normalized spacial score (nSPS) is 15.6. The maximum absolute atomic E-state index is 5.81. The van der Waals surface area contributed by atoms with Crippen molar-refractivity contribution in [2.24, 2.45) is 0 Å². The lowest BCUT2D eigenvalue weighted by molar-refractivity contribution is -0.135. The van der Waals surface area contributed by atoms with Gasteiger partial charge in [-0.15, -0.1) is 0 Å². The summed E-state index contributed by atoms with van der Waals surface area (Å²) in [6.07, 6.45) is 3.68. The van der Waals surface area contributed by atoms with Crippen molar-refractivity contribution in [3.63, 3.8) is 0 Å². The molecule has 0 fully saturated rings. The van der Waals surface area contributed by atoms with Crippen LogP contribution in [0.25, 0.3) is 0 Å². The highest BCUT2D eigenvalue weighted by Gasteiger charge is 2.33. The molecule has 0 saturated heterocycles. The highest BCUT2D eigenvalue weighted by molar-refractivity contribution is 6.15. The van der Waals surface area contributed by atoms with Gasteiger partial charge in [-0.1, -0.05) is 20.8 Å². The fraction of sp³-hybridized carbons (Fsp3) is 0.917. The predicted molar refractivity (Wildman–Crippen MR) is 70.3 cm³/mol. The van der Waals surface area contributed by atoms with Crippen LogP contribution < -0.4 is 0 Å². The van der Waals surface area contributed by atoms with Gasteiger partial charge in [-0.05, 0) is 26.2 Å². The van der Waals surface area contributed by atoms with Gasteiger partial charge in [0.25, 0.3) is 6.29 Å². The zero-order valence-corrected chi connectivity index (χ0v) is 13.5. The lowest BCUT2D eigenvalue weighted by atomic mass is 10.3. The van der Waals surface area contributed by atoms with E-state index in [1.165, 1.54) is 0 Å². The fourth-order valence-electron chi connectivity index (χ4n) is 1.19. The van der Waals surface area contributed by atoms with Crippen LogP contribution >= 0.6 is 0 Å². The molecule has 1 atom stereocenters. The van der Waals surface area contributed by atoms with Gasteiger partial charge in [0.1, 0.15) is 5.22 Å². The molecule has 0 aromatic rings. The van der Waals surface area contributed by atoms with Crippen LogP contribution in [0.3, 0.4) is 0 Å². The SMILES string of the molecule is CCCO[C](OCCC)C(C)([SiH3])OCCC. The minimum absolute atomic E-state index is 0.319. The maximum atomic E-state index is 5.81. The number of rotatable bonds is 10. The van der Waals surface area contributed by atoms with E-state index in [4.69, 9.17) is 14.2 Å². The third-order valence-corrected chi connectivity index (χ3v) is 2.73. The first-order valence-corrected chi connectivity index (χ1v) is 7.35. The first-order valence-electron chi connectivity index (χ1n) is 6.35. The monoisotopic (exact) mass is 247 g/mol. The smallest absolute Gasteiger partial charge is 0.252 e. The highest BCUT2D eigenvalue weighted by Crippen LogP contribution is 2.24. The molecular formula is C12H27O3Si. The Labute approximate surface area is 103 Å². The van der Waals surface area contributed by atoms with E-state index < -0.39 is 0 Å². The minimum atomic E-state index is -0.319. The summed E-state index contributed by atoms with van der Waals surface area (Å²) in [5.41, 5.74) is 0. The largest absolute Gasteiger partial charge is 0.374 e. The standard InChI is InChI=1S/C12H27O3Si/c1-5-8-13-11(14-9-6-2)12(4,16)15-10-7-3/h5-10H2,1-4,16H3. The van der Waals surface area contributed by atoms with Crippen LogP contribution in [0.4, 0.5) is 0 Å². The second-order valence-corrected chi connectivity index (χ2v) is 6.25. The molecule has 1 unspecified atom stereocenters. The Morgan fingerprint density at radius 1 is 0.938 bits per heavy atom. The fourth-order valence-corrected chi connectivity index (χ4v) is 1.69. The average molecular weight is 247 g/mol. The molecule has 0 aromatic carbocycles. The van der Waals surface area contributed by atoms with Gasteiger partial charge < -0.3 is 14.2 Å². The van der Waals surface area contributed by atoms with Gasteiger partial charge in [0.05, 0.1) is 23.5 Å². The van der Waals surface area contributed by atoms with E-state index in [2.05, 4.69) is 27.7 Å². The van der Waals surface area contributed by atoms with Crippen LogP contribution in [0.5, 0.6) is 0 Å². The Hall–Kier alpha value is 0.0969. The Morgan fingerprint density at radius 2 is 1.38 bits per heavy atom. The Bertz CT molecular complexity index is 154. The lowest BCUT2D eigenvalue weighted by Gasteiger charge is -2.32.